The summed E-state index contributed by atoms with van der Waals surface area (Å²) in [5, 5.41) is 3.75. The summed E-state index contributed by atoms with van der Waals surface area (Å²) in [6.07, 6.45) is 2.73. The molecule has 1 unspecified atom stereocenters. The quantitative estimate of drug-likeness (QED) is 0.457. The van der Waals surface area contributed by atoms with Crippen molar-refractivity contribution in [3.8, 4) is 0 Å². The standard InChI is InChI=1S/C7H12N2O2/c1-6(10)9-8-4-7-2-3-11-5-7/h4,7H,2-3,5H2,1H3,(H,9,10)/b8-4+. The van der Waals surface area contributed by atoms with Crippen LogP contribution in [0.25, 0.3) is 0 Å². The van der Waals surface area contributed by atoms with Crippen molar-refractivity contribution in [3.63, 3.8) is 0 Å². The second-order valence-electron chi connectivity index (χ2n) is 2.57. The van der Waals surface area contributed by atoms with Crippen molar-refractivity contribution in [1.29, 1.82) is 0 Å². The molecule has 1 aliphatic heterocycles. The molecule has 4 nitrogen and oxygen atoms in total. The van der Waals surface area contributed by atoms with E-state index in [4.69, 9.17) is 4.74 Å². The lowest BCUT2D eigenvalue weighted by Crippen LogP contribution is -2.14. The highest BCUT2D eigenvalue weighted by Gasteiger charge is 2.12. The molecular weight excluding hydrogens is 144 g/mol. The van der Waals surface area contributed by atoms with Crippen molar-refractivity contribution in [3.05, 3.63) is 0 Å². The van der Waals surface area contributed by atoms with Crippen molar-refractivity contribution < 1.29 is 9.53 Å². The summed E-state index contributed by atoms with van der Waals surface area (Å²) in [5.41, 5.74) is 2.35. The van der Waals surface area contributed by atoms with E-state index in [0.717, 1.165) is 19.6 Å². The summed E-state index contributed by atoms with van der Waals surface area (Å²) in [6.45, 7) is 2.96. The number of carbonyl (C=O) groups is 1. The van der Waals surface area contributed by atoms with Gasteiger partial charge < -0.3 is 4.74 Å². The van der Waals surface area contributed by atoms with E-state index in [9.17, 15) is 4.79 Å². The van der Waals surface area contributed by atoms with E-state index in [-0.39, 0.29) is 5.91 Å². The Labute approximate surface area is 65.6 Å². The molecule has 0 aromatic rings. The molecule has 0 spiro atoms. The zero-order valence-electron chi connectivity index (χ0n) is 6.54. The fourth-order valence-electron chi connectivity index (χ4n) is 0.904. The molecule has 11 heavy (non-hydrogen) atoms. The molecule has 0 aliphatic carbocycles. The van der Waals surface area contributed by atoms with Gasteiger partial charge in [0.15, 0.2) is 0 Å². The van der Waals surface area contributed by atoms with Crippen LogP contribution in [0.2, 0.25) is 0 Å². The number of hydrogen-bond donors (Lipinski definition) is 1. The van der Waals surface area contributed by atoms with Gasteiger partial charge in [0.2, 0.25) is 5.91 Å². The van der Waals surface area contributed by atoms with Crippen LogP contribution in [0.3, 0.4) is 0 Å². The van der Waals surface area contributed by atoms with Crippen LogP contribution >= 0.6 is 0 Å². The molecular formula is C7H12N2O2. The highest BCUT2D eigenvalue weighted by molar-refractivity contribution is 5.74. The van der Waals surface area contributed by atoms with Crippen LogP contribution in [-0.2, 0) is 9.53 Å². The average molecular weight is 156 g/mol. The smallest absolute Gasteiger partial charge is 0.236 e. The predicted molar refractivity (Wildman–Crippen MR) is 41.2 cm³/mol. The van der Waals surface area contributed by atoms with E-state index in [0.29, 0.717) is 5.92 Å². The molecule has 1 heterocycles. The Hall–Kier alpha value is -0.900. The topological polar surface area (TPSA) is 50.7 Å². The van der Waals surface area contributed by atoms with Crippen molar-refractivity contribution in [1.82, 2.24) is 5.43 Å². The van der Waals surface area contributed by atoms with E-state index in [2.05, 4.69) is 10.5 Å². The second kappa shape index (κ2) is 4.08. The van der Waals surface area contributed by atoms with Gasteiger partial charge in [0.1, 0.15) is 0 Å². The van der Waals surface area contributed by atoms with Gasteiger partial charge in [0.25, 0.3) is 0 Å². The van der Waals surface area contributed by atoms with Gasteiger partial charge >= 0.3 is 0 Å². The summed E-state index contributed by atoms with van der Waals surface area (Å²) in [7, 11) is 0. The van der Waals surface area contributed by atoms with Gasteiger partial charge in [-0.25, -0.2) is 5.43 Å². The number of hydrogen-bond acceptors (Lipinski definition) is 3. The minimum absolute atomic E-state index is 0.139. The lowest BCUT2D eigenvalue weighted by atomic mass is 10.1. The Bertz CT molecular complexity index is 162. The highest BCUT2D eigenvalue weighted by Crippen LogP contribution is 2.08. The Morgan fingerprint density at radius 1 is 1.82 bits per heavy atom. The molecule has 0 aromatic carbocycles. The monoisotopic (exact) mass is 156 g/mol. The summed E-state index contributed by atoms with van der Waals surface area (Å²) in [4.78, 5) is 10.4. The van der Waals surface area contributed by atoms with Crippen LogP contribution in [0, 0.1) is 5.92 Å². The molecule has 1 fully saturated rings. The molecule has 1 rings (SSSR count). The van der Waals surface area contributed by atoms with Gasteiger partial charge in [-0.1, -0.05) is 0 Å². The Morgan fingerprint density at radius 2 is 2.64 bits per heavy atom. The fourth-order valence-corrected chi connectivity index (χ4v) is 0.904. The van der Waals surface area contributed by atoms with Crippen LogP contribution in [0.1, 0.15) is 13.3 Å². The molecule has 1 aliphatic rings. The van der Waals surface area contributed by atoms with E-state index in [1.807, 2.05) is 0 Å². The van der Waals surface area contributed by atoms with Gasteiger partial charge in [-0.15, -0.1) is 0 Å². The number of nitrogens with one attached hydrogen (secondary N) is 1. The molecule has 1 atom stereocenters. The van der Waals surface area contributed by atoms with Crippen molar-refractivity contribution in [2.75, 3.05) is 13.2 Å². The number of ether oxygens (including phenoxy) is 1. The third-order valence-electron chi connectivity index (χ3n) is 1.47. The summed E-state index contributed by atoms with van der Waals surface area (Å²) >= 11 is 0. The minimum Gasteiger partial charge on any atom is -0.381 e. The number of nitrogens with zero attached hydrogens (tertiary/aromatic N) is 1. The lowest BCUT2D eigenvalue weighted by Gasteiger charge is -1.96. The first-order chi connectivity index (χ1) is 5.29. The molecule has 1 saturated heterocycles. The molecule has 4 heteroatoms. The largest absolute Gasteiger partial charge is 0.381 e. The first-order valence-corrected chi connectivity index (χ1v) is 3.66. The minimum atomic E-state index is -0.139. The molecule has 0 aromatic heterocycles. The van der Waals surface area contributed by atoms with Crippen LogP contribution in [0.15, 0.2) is 5.10 Å². The number of carbonyl (C=O) groups excluding carboxylic acids is 1. The average Bonchev–Trinajstić information content (AvgIpc) is 2.39. The molecule has 0 radical (unpaired) electrons. The van der Waals surface area contributed by atoms with Crippen molar-refractivity contribution in [2.24, 2.45) is 11.0 Å². The first kappa shape index (κ1) is 8.20. The van der Waals surface area contributed by atoms with Crippen LogP contribution in [0.5, 0.6) is 0 Å². The lowest BCUT2D eigenvalue weighted by molar-refractivity contribution is -0.118. The van der Waals surface area contributed by atoms with E-state index in [1.165, 1.54) is 6.92 Å². The van der Waals surface area contributed by atoms with Gasteiger partial charge in [0, 0.05) is 25.7 Å². The normalized spacial score (nSPS) is 24.3. The maximum Gasteiger partial charge on any atom is 0.236 e. The third kappa shape index (κ3) is 3.13. The summed E-state index contributed by atoms with van der Waals surface area (Å²) < 4.78 is 5.11. The Kier molecular flexibility index (Phi) is 3.04. The Morgan fingerprint density at radius 3 is 3.18 bits per heavy atom. The SMILES string of the molecule is CC(=O)N/N=C/C1CCOC1. The molecule has 1 amide bonds. The second-order valence-corrected chi connectivity index (χ2v) is 2.57. The highest BCUT2D eigenvalue weighted by atomic mass is 16.5. The van der Waals surface area contributed by atoms with Crippen molar-refractivity contribution in [2.45, 2.75) is 13.3 Å². The Balaban J connectivity index is 2.17. The number of amides is 1. The maximum atomic E-state index is 10.4. The zero-order chi connectivity index (χ0) is 8.10. The molecule has 0 bridgehead atoms. The molecule has 1 N–H and O–H groups in total. The van der Waals surface area contributed by atoms with Gasteiger partial charge in [-0.05, 0) is 6.42 Å². The maximum absolute atomic E-state index is 10.4. The van der Waals surface area contributed by atoms with E-state index >= 15 is 0 Å². The number of rotatable bonds is 2. The number of hydrazone groups is 1. The van der Waals surface area contributed by atoms with Gasteiger partial charge in [-0.2, -0.15) is 5.10 Å². The molecule has 62 valence electrons. The van der Waals surface area contributed by atoms with Gasteiger partial charge in [0.05, 0.1) is 6.61 Å². The van der Waals surface area contributed by atoms with Crippen LogP contribution in [-0.4, -0.2) is 25.3 Å². The summed E-state index contributed by atoms with van der Waals surface area (Å²) in [5.74, 6) is 0.238. The fraction of sp³-hybridized carbons (Fsp3) is 0.714. The van der Waals surface area contributed by atoms with Gasteiger partial charge in [-0.3, -0.25) is 4.79 Å². The van der Waals surface area contributed by atoms with Crippen molar-refractivity contribution >= 4 is 12.1 Å². The van der Waals surface area contributed by atoms with Crippen LogP contribution < -0.4 is 5.43 Å². The van der Waals surface area contributed by atoms with E-state index < -0.39 is 0 Å². The summed E-state index contributed by atoms with van der Waals surface area (Å²) in [6, 6.07) is 0. The first-order valence-electron chi connectivity index (χ1n) is 3.66. The van der Waals surface area contributed by atoms with E-state index in [1.54, 1.807) is 6.21 Å². The van der Waals surface area contributed by atoms with Crippen LogP contribution in [0.4, 0.5) is 0 Å². The molecule has 0 saturated carbocycles. The third-order valence-corrected chi connectivity index (χ3v) is 1.47. The zero-order valence-corrected chi connectivity index (χ0v) is 6.54. The predicted octanol–water partition coefficient (Wildman–Crippen LogP) is 0.145.